The number of esters is 2. The van der Waals surface area contributed by atoms with Crippen LogP contribution >= 0.6 is 0 Å². The molecule has 0 saturated carbocycles. The summed E-state index contributed by atoms with van der Waals surface area (Å²) in [4.78, 5) is 38.1. The van der Waals surface area contributed by atoms with Gasteiger partial charge < -0.3 is 29.0 Å². The van der Waals surface area contributed by atoms with Gasteiger partial charge in [-0.25, -0.2) is 9.59 Å². The number of halogens is 3. The largest absolute Gasteiger partial charge is 0.573 e. The van der Waals surface area contributed by atoms with Gasteiger partial charge >= 0.3 is 18.3 Å². The second kappa shape index (κ2) is 9.10. The van der Waals surface area contributed by atoms with Gasteiger partial charge in [-0.15, -0.1) is 13.2 Å². The molecule has 1 aromatic rings. The van der Waals surface area contributed by atoms with Crippen LogP contribution in [0, 0.1) is 0 Å². The Morgan fingerprint density at radius 3 is 2.45 bits per heavy atom. The average molecular weight is 449 g/mol. The van der Waals surface area contributed by atoms with Crippen LogP contribution < -0.4 is 9.64 Å². The molecule has 2 atom stereocenters. The molecule has 1 heterocycles. The number of morpholine rings is 1. The summed E-state index contributed by atoms with van der Waals surface area (Å²) in [6.45, 7) is 4.49. The van der Waals surface area contributed by atoms with Crippen molar-refractivity contribution in [3.8, 4) is 5.75 Å². The number of ether oxygens (including phenoxy) is 4. The smallest absolute Gasteiger partial charge is 0.465 e. The van der Waals surface area contributed by atoms with Crippen molar-refractivity contribution in [2.75, 3.05) is 25.2 Å². The quantitative estimate of drug-likeness (QED) is 0.678. The van der Waals surface area contributed by atoms with E-state index in [1.807, 2.05) is 0 Å². The molecule has 0 radical (unpaired) electrons. The normalized spacial score (nSPS) is 18.4. The molecular formula is C19H22F3NO8. The highest BCUT2D eigenvalue weighted by molar-refractivity contribution is 6.05. The molecule has 1 N–H and O–H groups in total. The van der Waals surface area contributed by atoms with Gasteiger partial charge in [-0.2, -0.15) is 0 Å². The molecular weight excluding hydrogens is 427 g/mol. The Labute approximate surface area is 175 Å². The van der Waals surface area contributed by atoms with Crippen molar-refractivity contribution in [2.45, 2.75) is 44.9 Å². The highest BCUT2D eigenvalue weighted by atomic mass is 19.4. The molecule has 12 heteroatoms. The van der Waals surface area contributed by atoms with Crippen molar-refractivity contribution < 1.29 is 51.6 Å². The molecule has 172 valence electrons. The highest BCUT2D eigenvalue weighted by Crippen LogP contribution is 2.31. The summed E-state index contributed by atoms with van der Waals surface area (Å²) < 4.78 is 56.2. The van der Waals surface area contributed by atoms with E-state index in [1.54, 1.807) is 20.8 Å². The molecule has 9 nitrogen and oxygen atoms in total. The number of methoxy groups -OCH3 is 1. The van der Waals surface area contributed by atoms with Crippen LogP contribution in [-0.2, 0) is 23.8 Å². The van der Waals surface area contributed by atoms with Gasteiger partial charge in [0.25, 0.3) is 5.91 Å². The number of nitrogens with zero attached hydrogens (tertiary/aromatic N) is 1. The van der Waals surface area contributed by atoms with Crippen molar-refractivity contribution in [3.63, 3.8) is 0 Å². The fourth-order valence-corrected chi connectivity index (χ4v) is 2.78. The van der Waals surface area contributed by atoms with Crippen molar-refractivity contribution in [3.05, 3.63) is 23.8 Å². The van der Waals surface area contributed by atoms with Gasteiger partial charge in [0.05, 0.1) is 25.0 Å². The van der Waals surface area contributed by atoms with Crippen molar-refractivity contribution >= 4 is 23.5 Å². The minimum Gasteiger partial charge on any atom is -0.465 e. The lowest BCUT2D eigenvalue weighted by molar-refractivity contribution is -0.274. The number of carbonyl (C=O) groups is 3. The van der Waals surface area contributed by atoms with E-state index in [9.17, 15) is 32.7 Å². The number of aliphatic hydroxyl groups is 1. The van der Waals surface area contributed by atoms with Crippen molar-refractivity contribution in [1.29, 1.82) is 0 Å². The predicted molar refractivity (Wildman–Crippen MR) is 98.4 cm³/mol. The average Bonchev–Trinajstić information content (AvgIpc) is 2.64. The molecule has 1 aliphatic heterocycles. The van der Waals surface area contributed by atoms with E-state index in [-0.39, 0.29) is 24.4 Å². The third kappa shape index (κ3) is 6.31. The number of hydrogen-bond donors (Lipinski definition) is 1. The summed E-state index contributed by atoms with van der Waals surface area (Å²) in [6.07, 6.45) is -8.59. The van der Waals surface area contributed by atoms with E-state index in [2.05, 4.69) is 9.47 Å². The van der Waals surface area contributed by atoms with Crippen LogP contribution in [0.5, 0.6) is 5.75 Å². The first-order chi connectivity index (χ1) is 14.2. The van der Waals surface area contributed by atoms with Gasteiger partial charge in [0.2, 0.25) is 0 Å². The van der Waals surface area contributed by atoms with Gasteiger partial charge in [-0.3, -0.25) is 4.79 Å². The Bertz CT molecular complexity index is 850. The first-order valence-corrected chi connectivity index (χ1v) is 9.05. The molecule has 31 heavy (non-hydrogen) atoms. The van der Waals surface area contributed by atoms with Gasteiger partial charge in [-0.1, -0.05) is 0 Å². The minimum absolute atomic E-state index is 0.0974. The highest BCUT2D eigenvalue weighted by Gasteiger charge is 2.42. The molecule has 2 unspecified atom stereocenters. The number of anilines is 1. The molecule has 1 amide bonds. The Morgan fingerprint density at radius 1 is 1.26 bits per heavy atom. The summed E-state index contributed by atoms with van der Waals surface area (Å²) in [5, 5.41) is 10.3. The van der Waals surface area contributed by atoms with Crippen LogP contribution in [0.2, 0.25) is 0 Å². The lowest BCUT2D eigenvalue weighted by Crippen LogP contribution is -2.55. The topological polar surface area (TPSA) is 112 Å². The molecule has 1 fully saturated rings. The maximum absolute atomic E-state index is 12.9. The zero-order valence-corrected chi connectivity index (χ0v) is 17.2. The summed E-state index contributed by atoms with van der Waals surface area (Å²) in [7, 11) is 1.01. The van der Waals surface area contributed by atoms with Crippen LogP contribution in [0.4, 0.5) is 18.9 Å². The monoisotopic (exact) mass is 449 g/mol. The van der Waals surface area contributed by atoms with Crippen molar-refractivity contribution in [1.82, 2.24) is 0 Å². The fraction of sp³-hybridized carbons (Fsp3) is 0.526. The number of alkyl halides is 3. The Balaban J connectivity index is 2.35. The van der Waals surface area contributed by atoms with E-state index in [0.717, 1.165) is 30.2 Å². The number of carbonyl (C=O) groups excluding carboxylic acids is 3. The second-order valence-corrected chi connectivity index (χ2v) is 7.48. The van der Waals surface area contributed by atoms with Gasteiger partial charge in [0, 0.05) is 6.54 Å². The van der Waals surface area contributed by atoms with Gasteiger partial charge in [0.15, 0.2) is 12.2 Å². The summed E-state index contributed by atoms with van der Waals surface area (Å²) in [5.41, 5.74) is -1.41. The van der Waals surface area contributed by atoms with Gasteiger partial charge in [0.1, 0.15) is 11.4 Å². The predicted octanol–water partition coefficient (Wildman–Crippen LogP) is 1.81. The van der Waals surface area contributed by atoms with Crippen LogP contribution in [0.1, 0.15) is 31.1 Å². The summed E-state index contributed by atoms with van der Waals surface area (Å²) in [6, 6.07) is 2.75. The van der Waals surface area contributed by atoms with E-state index in [0.29, 0.717) is 0 Å². The molecule has 0 spiro atoms. The Morgan fingerprint density at radius 2 is 1.90 bits per heavy atom. The number of benzene rings is 1. The van der Waals surface area contributed by atoms with E-state index in [4.69, 9.17) is 9.47 Å². The van der Waals surface area contributed by atoms with Crippen LogP contribution in [0.15, 0.2) is 18.2 Å². The van der Waals surface area contributed by atoms with Crippen molar-refractivity contribution in [2.24, 2.45) is 0 Å². The van der Waals surface area contributed by atoms with E-state index < -0.39 is 47.8 Å². The third-order valence-electron chi connectivity index (χ3n) is 3.95. The lowest BCUT2D eigenvalue weighted by Gasteiger charge is -2.35. The molecule has 1 aromatic carbocycles. The number of amides is 1. The standard InChI is InChI=1S/C19H22F3NO8/c1-18(2,3)31-17(27)13(24)14-15(25)23(7-8-29-14)12-6-5-10(30-19(20,21)22)9-11(12)16(26)28-4/h5-6,9,13-14,24H,7-8H2,1-4H3. The van der Waals surface area contributed by atoms with Crippen LogP contribution in [0.3, 0.4) is 0 Å². The lowest BCUT2D eigenvalue weighted by atomic mass is 10.1. The maximum atomic E-state index is 12.9. The molecule has 1 saturated heterocycles. The Hall–Kier alpha value is -2.86. The second-order valence-electron chi connectivity index (χ2n) is 7.48. The third-order valence-corrected chi connectivity index (χ3v) is 3.95. The van der Waals surface area contributed by atoms with Crippen LogP contribution in [0.25, 0.3) is 0 Å². The van der Waals surface area contributed by atoms with E-state index >= 15 is 0 Å². The molecule has 0 aromatic heterocycles. The van der Waals surface area contributed by atoms with Crippen LogP contribution in [-0.4, -0.2) is 67.4 Å². The fourth-order valence-electron chi connectivity index (χ4n) is 2.78. The summed E-state index contributed by atoms with van der Waals surface area (Å²) in [5.74, 6) is -3.69. The SMILES string of the molecule is COC(=O)c1cc(OC(F)(F)F)ccc1N1CCOC(C(O)C(=O)OC(C)(C)C)C1=O. The van der Waals surface area contributed by atoms with Gasteiger partial charge in [-0.05, 0) is 39.0 Å². The Kier molecular flexibility index (Phi) is 7.17. The first kappa shape index (κ1) is 24.4. The zero-order valence-electron chi connectivity index (χ0n) is 17.2. The molecule has 2 rings (SSSR count). The minimum atomic E-state index is -4.99. The molecule has 1 aliphatic rings. The molecule has 0 aliphatic carbocycles. The summed E-state index contributed by atoms with van der Waals surface area (Å²) >= 11 is 0. The molecule has 0 bridgehead atoms. The van der Waals surface area contributed by atoms with E-state index in [1.165, 1.54) is 0 Å². The zero-order chi connectivity index (χ0) is 23.6. The number of aliphatic hydroxyl groups excluding tert-OH is 1. The first-order valence-electron chi connectivity index (χ1n) is 9.05. The number of hydrogen-bond acceptors (Lipinski definition) is 8. The number of rotatable bonds is 5. The maximum Gasteiger partial charge on any atom is 0.573 e.